The smallest absolute Gasteiger partial charge is 0.168 e. The van der Waals surface area contributed by atoms with Crippen LogP contribution in [0.4, 0.5) is 0 Å². The van der Waals surface area contributed by atoms with Gasteiger partial charge in [-0.05, 0) is 49.9 Å². The Morgan fingerprint density at radius 3 is 2.90 bits per heavy atom. The molecule has 0 bridgehead atoms. The number of pyridine rings is 1. The number of carbonyl (C=O) groups is 1. The van der Waals surface area contributed by atoms with Crippen LogP contribution >= 0.6 is 0 Å². The maximum atomic E-state index is 12.7. The zero-order chi connectivity index (χ0) is 13.6. The van der Waals surface area contributed by atoms with E-state index >= 15 is 0 Å². The standard InChI is InChI=1S/C17H18N2O/c20-16(14-10-17(14)5-7-18-8-6-17)13-9-12-3-1-2-4-15(12)19-11-13/h1-4,9,11,14,18H,5-8,10H2. The quantitative estimate of drug-likeness (QED) is 0.850. The van der Waals surface area contributed by atoms with E-state index < -0.39 is 0 Å². The third-order valence-corrected chi connectivity index (χ3v) is 4.98. The molecule has 1 N–H and O–H groups in total. The van der Waals surface area contributed by atoms with E-state index in [0.717, 1.165) is 48.8 Å². The van der Waals surface area contributed by atoms with Crippen LogP contribution in [0.15, 0.2) is 36.5 Å². The van der Waals surface area contributed by atoms with Crippen LogP contribution in [0.1, 0.15) is 29.6 Å². The number of aromatic nitrogens is 1. The molecule has 4 rings (SSSR count). The molecular weight excluding hydrogens is 248 g/mol. The Labute approximate surface area is 118 Å². The second-order valence-electron chi connectivity index (χ2n) is 6.15. The summed E-state index contributed by atoms with van der Waals surface area (Å²) >= 11 is 0. The van der Waals surface area contributed by atoms with Crippen LogP contribution in [0.2, 0.25) is 0 Å². The summed E-state index contributed by atoms with van der Waals surface area (Å²) in [6.07, 6.45) is 5.10. The molecule has 2 aliphatic rings. The molecule has 20 heavy (non-hydrogen) atoms. The second kappa shape index (κ2) is 4.38. The number of hydrogen-bond donors (Lipinski definition) is 1. The minimum Gasteiger partial charge on any atom is -0.317 e. The minimum atomic E-state index is 0.229. The van der Waals surface area contributed by atoms with E-state index in [1.54, 1.807) is 6.20 Å². The van der Waals surface area contributed by atoms with E-state index in [2.05, 4.69) is 10.3 Å². The van der Waals surface area contributed by atoms with Crippen molar-refractivity contribution in [3.63, 3.8) is 0 Å². The van der Waals surface area contributed by atoms with Crippen molar-refractivity contribution in [1.82, 2.24) is 10.3 Å². The Kier molecular flexibility index (Phi) is 2.64. The minimum absolute atomic E-state index is 0.229. The highest BCUT2D eigenvalue weighted by Crippen LogP contribution is 2.59. The van der Waals surface area contributed by atoms with Crippen molar-refractivity contribution in [2.75, 3.05) is 13.1 Å². The number of ketones is 1. The molecule has 2 fully saturated rings. The lowest BCUT2D eigenvalue weighted by molar-refractivity contribution is 0.0940. The van der Waals surface area contributed by atoms with Gasteiger partial charge in [0.25, 0.3) is 0 Å². The maximum Gasteiger partial charge on any atom is 0.168 e. The van der Waals surface area contributed by atoms with Gasteiger partial charge in [-0.2, -0.15) is 0 Å². The van der Waals surface area contributed by atoms with Crippen molar-refractivity contribution >= 4 is 16.7 Å². The van der Waals surface area contributed by atoms with Crippen molar-refractivity contribution in [2.24, 2.45) is 11.3 Å². The lowest BCUT2D eigenvalue weighted by atomic mass is 9.89. The Morgan fingerprint density at radius 2 is 2.05 bits per heavy atom. The van der Waals surface area contributed by atoms with Crippen LogP contribution in [-0.2, 0) is 0 Å². The Bertz CT molecular complexity index is 673. The van der Waals surface area contributed by atoms with Gasteiger partial charge in [0.1, 0.15) is 0 Å². The van der Waals surface area contributed by atoms with Crippen molar-refractivity contribution < 1.29 is 4.79 Å². The van der Waals surface area contributed by atoms with E-state index in [1.165, 1.54) is 0 Å². The zero-order valence-electron chi connectivity index (χ0n) is 11.4. The average Bonchev–Trinajstić information content (AvgIpc) is 3.20. The average molecular weight is 266 g/mol. The van der Waals surface area contributed by atoms with Gasteiger partial charge in [0.2, 0.25) is 0 Å². The first-order valence-corrected chi connectivity index (χ1v) is 7.38. The molecule has 1 saturated carbocycles. The molecule has 1 aliphatic carbocycles. The van der Waals surface area contributed by atoms with Gasteiger partial charge >= 0.3 is 0 Å². The molecule has 1 saturated heterocycles. The molecule has 0 radical (unpaired) electrons. The van der Waals surface area contributed by atoms with Gasteiger partial charge in [-0.3, -0.25) is 9.78 Å². The number of piperidine rings is 1. The van der Waals surface area contributed by atoms with Crippen LogP contribution in [0, 0.1) is 11.3 Å². The fraction of sp³-hybridized carbons (Fsp3) is 0.412. The topological polar surface area (TPSA) is 42.0 Å². The third kappa shape index (κ3) is 1.85. The van der Waals surface area contributed by atoms with Gasteiger partial charge in [0.05, 0.1) is 5.52 Å². The molecule has 2 heterocycles. The molecule has 3 heteroatoms. The van der Waals surface area contributed by atoms with E-state index in [-0.39, 0.29) is 5.92 Å². The number of fused-ring (bicyclic) bond motifs is 1. The fourth-order valence-electron chi connectivity index (χ4n) is 3.60. The number of nitrogens with zero attached hydrogens (tertiary/aromatic N) is 1. The van der Waals surface area contributed by atoms with Gasteiger partial charge in [-0.15, -0.1) is 0 Å². The van der Waals surface area contributed by atoms with Crippen LogP contribution in [0.25, 0.3) is 10.9 Å². The van der Waals surface area contributed by atoms with Crippen molar-refractivity contribution in [2.45, 2.75) is 19.3 Å². The number of para-hydroxylation sites is 1. The molecule has 1 aromatic carbocycles. The van der Waals surface area contributed by atoms with Gasteiger partial charge < -0.3 is 5.32 Å². The molecule has 102 valence electrons. The first-order valence-electron chi connectivity index (χ1n) is 7.38. The van der Waals surface area contributed by atoms with Gasteiger partial charge in [0.15, 0.2) is 5.78 Å². The molecule has 0 amide bonds. The predicted octanol–water partition coefficient (Wildman–Crippen LogP) is 2.81. The summed E-state index contributed by atoms with van der Waals surface area (Å²) in [5, 5.41) is 4.43. The second-order valence-corrected chi connectivity index (χ2v) is 6.15. The van der Waals surface area contributed by atoms with Gasteiger partial charge in [0, 0.05) is 23.1 Å². The highest BCUT2D eigenvalue weighted by Gasteiger charge is 2.57. The molecule has 2 aromatic rings. The summed E-state index contributed by atoms with van der Waals surface area (Å²) in [6.45, 7) is 2.11. The van der Waals surface area contributed by atoms with Crippen LogP contribution < -0.4 is 5.32 Å². The number of hydrogen-bond acceptors (Lipinski definition) is 3. The predicted molar refractivity (Wildman–Crippen MR) is 78.7 cm³/mol. The summed E-state index contributed by atoms with van der Waals surface area (Å²) < 4.78 is 0. The zero-order valence-corrected chi connectivity index (χ0v) is 11.4. The Balaban J connectivity index is 1.61. The van der Waals surface area contributed by atoms with Crippen molar-refractivity contribution in [3.8, 4) is 0 Å². The van der Waals surface area contributed by atoms with Crippen LogP contribution in [0.3, 0.4) is 0 Å². The summed E-state index contributed by atoms with van der Waals surface area (Å²) in [7, 11) is 0. The van der Waals surface area contributed by atoms with Gasteiger partial charge in [-0.1, -0.05) is 18.2 Å². The number of Topliss-reactive ketones (excluding diaryl/α,β-unsaturated/α-hetero) is 1. The van der Waals surface area contributed by atoms with Gasteiger partial charge in [-0.25, -0.2) is 0 Å². The Hall–Kier alpha value is -1.74. The largest absolute Gasteiger partial charge is 0.317 e. The first kappa shape index (κ1) is 12.0. The molecule has 1 unspecified atom stereocenters. The highest BCUT2D eigenvalue weighted by atomic mass is 16.1. The van der Waals surface area contributed by atoms with Crippen LogP contribution in [-0.4, -0.2) is 23.9 Å². The summed E-state index contributed by atoms with van der Waals surface area (Å²) in [5.41, 5.74) is 2.04. The molecular formula is C17H18N2O. The number of carbonyl (C=O) groups excluding carboxylic acids is 1. The summed E-state index contributed by atoms with van der Waals surface area (Å²) in [6, 6.07) is 9.96. The highest BCUT2D eigenvalue weighted by molar-refractivity contribution is 6.02. The lowest BCUT2D eigenvalue weighted by Crippen LogP contribution is -2.30. The maximum absolute atomic E-state index is 12.7. The molecule has 1 atom stereocenters. The summed E-state index contributed by atoms with van der Waals surface area (Å²) in [4.78, 5) is 17.1. The number of rotatable bonds is 2. The fourth-order valence-corrected chi connectivity index (χ4v) is 3.60. The SMILES string of the molecule is O=C(c1cnc2ccccc2c1)C1CC12CCNCC2. The van der Waals surface area contributed by atoms with E-state index in [4.69, 9.17) is 0 Å². The van der Waals surface area contributed by atoms with Crippen LogP contribution in [0.5, 0.6) is 0 Å². The molecule has 1 spiro atoms. The van der Waals surface area contributed by atoms with E-state index in [0.29, 0.717) is 11.2 Å². The third-order valence-electron chi connectivity index (χ3n) is 4.98. The first-order chi connectivity index (χ1) is 9.78. The molecule has 3 nitrogen and oxygen atoms in total. The molecule has 1 aliphatic heterocycles. The normalized spacial score (nSPS) is 23.9. The van der Waals surface area contributed by atoms with E-state index in [9.17, 15) is 4.79 Å². The monoisotopic (exact) mass is 266 g/mol. The summed E-state index contributed by atoms with van der Waals surface area (Å²) in [5.74, 6) is 0.526. The van der Waals surface area contributed by atoms with Crippen molar-refractivity contribution in [3.05, 3.63) is 42.1 Å². The lowest BCUT2D eigenvalue weighted by Gasteiger charge is -2.23. The molecule has 1 aromatic heterocycles. The number of nitrogens with one attached hydrogen (secondary N) is 1. The van der Waals surface area contributed by atoms with Crippen molar-refractivity contribution in [1.29, 1.82) is 0 Å². The Morgan fingerprint density at radius 1 is 1.25 bits per heavy atom. The van der Waals surface area contributed by atoms with E-state index in [1.807, 2.05) is 30.3 Å². The number of benzene rings is 1.